The standard InChI is InChI=1S/C15H22F2N2O/c1-19-7-3-2-4-12(19)9-18-10-15(20)13-6-5-11(16)8-14(13)17/h5-6,8,12,15,18,20H,2-4,7,9-10H2,1H3. The van der Waals surface area contributed by atoms with Crippen molar-refractivity contribution in [3.05, 3.63) is 35.4 Å². The van der Waals surface area contributed by atoms with Crippen molar-refractivity contribution < 1.29 is 13.9 Å². The number of nitrogens with zero attached hydrogens (tertiary/aromatic N) is 1. The molecule has 20 heavy (non-hydrogen) atoms. The van der Waals surface area contributed by atoms with Gasteiger partial charge in [0.1, 0.15) is 11.6 Å². The predicted molar refractivity (Wildman–Crippen MR) is 74.5 cm³/mol. The molecule has 0 aliphatic carbocycles. The Labute approximate surface area is 118 Å². The van der Waals surface area contributed by atoms with Crippen molar-refractivity contribution in [3.63, 3.8) is 0 Å². The van der Waals surface area contributed by atoms with E-state index in [1.807, 2.05) is 0 Å². The predicted octanol–water partition coefficient (Wildman–Crippen LogP) is 2.07. The summed E-state index contributed by atoms with van der Waals surface area (Å²) in [6.45, 7) is 2.14. The molecule has 0 saturated carbocycles. The molecule has 0 radical (unpaired) electrons. The van der Waals surface area contributed by atoms with Crippen LogP contribution in [0.1, 0.15) is 30.9 Å². The topological polar surface area (TPSA) is 35.5 Å². The van der Waals surface area contributed by atoms with Gasteiger partial charge >= 0.3 is 0 Å². The van der Waals surface area contributed by atoms with Crippen LogP contribution in [0, 0.1) is 11.6 Å². The molecule has 0 amide bonds. The van der Waals surface area contributed by atoms with Crippen molar-refractivity contribution in [2.45, 2.75) is 31.4 Å². The number of hydrogen-bond donors (Lipinski definition) is 2. The molecule has 1 saturated heterocycles. The van der Waals surface area contributed by atoms with Crippen LogP contribution in [0.3, 0.4) is 0 Å². The van der Waals surface area contributed by atoms with E-state index in [2.05, 4.69) is 17.3 Å². The lowest BCUT2D eigenvalue weighted by atomic mass is 10.0. The zero-order valence-corrected chi connectivity index (χ0v) is 11.8. The summed E-state index contributed by atoms with van der Waals surface area (Å²) in [7, 11) is 2.10. The first-order chi connectivity index (χ1) is 9.58. The Hall–Kier alpha value is -1.04. The van der Waals surface area contributed by atoms with Gasteiger partial charge < -0.3 is 15.3 Å². The fourth-order valence-corrected chi connectivity index (χ4v) is 2.67. The Kier molecular flexibility index (Phi) is 5.46. The molecule has 1 heterocycles. The molecule has 0 aromatic heterocycles. The summed E-state index contributed by atoms with van der Waals surface area (Å²) in [5, 5.41) is 13.1. The third kappa shape index (κ3) is 3.98. The first-order valence-corrected chi connectivity index (χ1v) is 7.12. The highest BCUT2D eigenvalue weighted by atomic mass is 19.1. The minimum absolute atomic E-state index is 0.135. The van der Waals surface area contributed by atoms with Crippen LogP contribution in [0.15, 0.2) is 18.2 Å². The Morgan fingerprint density at radius 1 is 1.40 bits per heavy atom. The van der Waals surface area contributed by atoms with E-state index < -0.39 is 17.7 Å². The summed E-state index contributed by atoms with van der Waals surface area (Å²) in [6.07, 6.45) is 2.65. The first kappa shape index (κ1) is 15.4. The smallest absolute Gasteiger partial charge is 0.131 e. The van der Waals surface area contributed by atoms with Gasteiger partial charge in [0.25, 0.3) is 0 Å². The largest absolute Gasteiger partial charge is 0.387 e. The number of halogens is 2. The molecule has 2 N–H and O–H groups in total. The van der Waals surface area contributed by atoms with Crippen LogP contribution in [0.25, 0.3) is 0 Å². The average molecular weight is 284 g/mol. The van der Waals surface area contributed by atoms with Gasteiger partial charge in [0.05, 0.1) is 6.10 Å². The fourth-order valence-electron chi connectivity index (χ4n) is 2.67. The summed E-state index contributed by atoms with van der Waals surface area (Å²) in [5.41, 5.74) is 0.135. The maximum atomic E-state index is 13.5. The lowest BCUT2D eigenvalue weighted by molar-refractivity contribution is 0.151. The normalized spacial score (nSPS) is 21.9. The fraction of sp³-hybridized carbons (Fsp3) is 0.600. The monoisotopic (exact) mass is 284 g/mol. The number of piperidine rings is 1. The first-order valence-electron chi connectivity index (χ1n) is 7.12. The second-order valence-corrected chi connectivity index (χ2v) is 5.47. The number of aliphatic hydroxyl groups excluding tert-OH is 1. The van der Waals surface area contributed by atoms with E-state index in [1.54, 1.807) is 0 Å². The highest BCUT2D eigenvalue weighted by molar-refractivity contribution is 5.21. The van der Waals surface area contributed by atoms with E-state index in [0.29, 0.717) is 6.04 Å². The second kappa shape index (κ2) is 7.11. The van der Waals surface area contributed by atoms with E-state index >= 15 is 0 Å². The molecule has 3 nitrogen and oxygen atoms in total. The molecule has 2 unspecified atom stereocenters. The summed E-state index contributed by atoms with van der Waals surface area (Å²) in [5.74, 6) is -1.33. The van der Waals surface area contributed by atoms with Gasteiger partial charge in [-0.1, -0.05) is 12.5 Å². The number of likely N-dealkylation sites (tertiary alicyclic amines) is 1. The van der Waals surface area contributed by atoms with Gasteiger partial charge in [-0.05, 0) is 32.5 Å². The molecule has 112 valence electrons. The van der Waals surface area contributed by atoms with Gasteiger partial charge in [-0.3, -0.25) is 0 Å². The number of hydrogen-bond acceptors (Lipinski definition) is 3. The molecule has 5 heteroatoms. The molecule has 1 aromatic rings. The van der Waals surface area contributed by atoms with Gasteiger partial charge in [0.2, 0.25) is 0 Å². The number of likely N-dealkylation sites (N-methyl/N-ethyl adjacent to an activating group) is 1. The van der Waals surface area contributed by atoms with Gasteiger partial charge in [-0.2, -0.15) is 0 Å². The Balaban J connectivity index is 1.81. The van der Waals surface area contributed by atoms with Gasteiger partial charge in [0, 0.05) is 30.8 Å². The maximum Gasteiger partial charge on any atom is 0.131 e. The summed E-state index contributed by atoms with van der Waals surface area (Å²) in [4.78, 5) is 2.31. The molecule has 2 atom stereocenters. The van der Waals surface area contributed by atoms with Crippen LogP contribution in [0.2, 0.25) is 0 Å². The van der Waals surface area contributed by atoms with Crippen molar-refractivity contribution in [1.29, 1.82) is 0 Å². The molecule has 2 rings (SSSR count). The lowest BCUT2D eigenvalue weighted by Crippen LogP contribution is -2.43. The average Bonchev–Trinajstić information content (AvgIpc) is 2.40. The van der Waals surface area contributed by atoms with Crippen LogP contribution in [0.4, 0.5) is 8.78 Å². The van der Waals surface area contributed by atoms with E-state index in [0.717, 1.165) is 31.6 Å². The van der Waals surface area contributed by atoms with Gasteiger partial charge in [-0.15, -0.1) is 0 Å². The Bertz CT molecular complexity index is 442. The number of benzene rings is 1. The van der Waals surface area contributed by atoms with E-state index in [4.69, 9.17) is 0 Å². The third-order valence-corrected chi connectivity index (χ3v) is 3.96. The van der Waals surface area contributed by atoms with Crippen molar-refractivity contribution in [2.75, 3.05) is 26.7 Å². The maximum absolute atomic E-state index is 13.5. The highest BCUT2D eigenvalue weighted by Crippen LogP contribution is 2.18. The number of aliphatic hydroxyl groups is 1. The van der Waals surface area contributed by atoms with Gasteiger partial charge in [-0.25, -0.2) is 8.78 Å². The molecule has 1 fully saturated rings. The minimum Gasteiger partial charge on any atom is -0.387 e. The van der Waals surface area contributed by atoms with Crippen LogP contribution in [0.5, 0.6) is 0 Å². The van der Waals surface area contributed by atoms with Crippen molar-refractivity contribution >= 4 is 0 Å². The molecule has 0 spiro atoms. The van der Waals surface area contributed by atoms with Crippen LogP contribution >= 0.6 is 0 Å². The van der Waals surface area contributed by atoms with E-state index in [-0.39, 0.29) is 12.1 Å². The minimum atomic E-state index is -0.954. The molecule has 1 aliphatic heterocycles. The number of nitrogens with one attached hydrogen (secondary N) is 1. The zero-order valence-electron chi connectivity index (χ0n) is 11.8. The van der Waals surface area contributed by atoms with E-state index in [1.165, 1.54) is 18.9 Å². The van der Waals surface area contributed by atoms with Crippen molar-refractivity contribution in [1.82, 2.24) is 10.2 Å². The lowest BCUT2D eigenvalue weighted by Gasteiger charge is -2.32. The second-order valence-electron chi connectivity index (χ2n) is 5.47. The molecular formula is C15H22F2N2O. The Morgan fingerprint density at radius 3 is 2.90 bits per heavy atom. The van der Waals surface area contributed by atoms with E-state index in [9.17, 15) is 13.9 Å². The third-order valence-electron chi connectivity index (χ3n) is 3.96. The summed E-state index contributed by atoms with van der Waals surface area (Å²) in [6, 6.07) is 3.72. The molecule has 1 aromatic carbocycles. The number of rotatable bonds is 5. The molecular weight excluding hydrogens is 262 g/mol. The summed E-state index contributed by atoms with van der Waals surface area (Å²) >= 11 is 0. The van der Waals surface area contributed by atoms with Crippen LogP contribution < -0.4 is 5.32 Å². The quantitative estimate of drug-likeness (QED) is 0.869. The molecule has 0 bridgehead atoms. The highest BCUT2D eigenvalue weighted by Gasteiger charge is 2.19. The Morgan fingerprint density at radius 2 is 2.20 bits per heavy atom. The SMILES string of the molecule is CN1CCCCC1CNCC(O)c1ccc(F)cc1F. The van der Waals surface area contributed by atoms with Crippen molar-refractivity contribution in [3.8, 4) is 0 Å². The van der Waals surface area contributed by atoms with Crippen LogP contribution in [-0.4, -0.2) is 42.7 Å². The molecule has 1 aliphatic rings. The van der Waals surface area contributed by atoms with Crippen molar-refractivity contribution in [2.24, 2.45) is 0 Å². The summed E-state index contributed by atoms with van der Waals surface area (Å²) < 4.78 is 26.3. The zero-order chi connectivity index (χ0) is 14.5. The van der Waals surface area contributed by atoms with Gasteiger partial charge in [0.15, 0.2) is 0 Å². The van der Waals surface area contributed by atoms with Crippen LogP contribution in [-0.2, 0) is 0 Å².